The van der Waals surface area contributed by atoms with Crippen LogP contribution in [0.3, 0.4) is 0 Å². The zero-order valence-corrected chi connectivity index (χ0v) is 10.4. The van der Waals surface area contributed by atoms with Crippen LogP contribution < -0.4 is 0 Å². The van der Waals surface area contributed by atoms with Crippen LogP contribution in [0, 0.1) is 0 Å². The van der Waals surface area contributed by atoms with Crippen molar-refractivity contribution in [3.05, 3.63) is 0 Å². The van der Waals surface area contributed by atoms with Crippen molar-refractivity contribution in [1.82, 2.24) is 0 Å². The lowest BCUT2D eigenvalue weighted by atomic mass is 9.96. The van der Waals surface area contributed by atoms with Gasteiger partial charge >= 0.3 is 5.97 Å². The fraction of sp³-hybridized carbons (Fsp3) is 0.889. The van der Waals surface area contributed by atoms with E-state index >= 15 is 0 Å². The molecule has 9 heteroatoms. The molecule has 8 nitrogen and oxygen atoms in total. The van der Waals surface area contributed by atoms with Crippen LogP contribution in [0.15, 0.2) is 0 Å². The minimum atomic E-state index is -3.95. The van der Waals surface area contributed by atoms with Gasteiger partial charge in [0.2, 0.25) is 0 Å². The molecule has 0 aromatic rings. The van der Waals surface area contributed by atoms with Crippen LogP contribution in [0.2, 0.25) is 0 Å². The molecule has 0 radical (unpaired) electrons. The number of aliphatic hydroxyl groups is 3. The molecule has 3 unspecified atom stereocenters. The molecular formula is C9H16O8S. The van der Waals surface area contributed by atoms with Gasteiger partial charge in [-0.1, -0.05) is 0 Å². The van der Waals surface area contributed by atoms with Crippen LogP contribution in [0.4, 0.5) is 0 Å². The first-order valence-electron chi connectivity index (χ1n) is 5.26. The molecule has 0 bridgehead atoms. The predicted octanol–water partition coefficient (Wildman–Crippen LogP) is -2.64. The highest BCUT2D eigenvalue weighted by Crippen LogP contribution is 2.22. The Balaban J connectivity index is 2.75. The Morgan fingerprint density at radius 2 is 1.72 bits per heavy atom. The molecule has 1 aliphatic rings. The average Bonchev–Trinajstić information content (AvgIpc) is 2.20. The van der Waals surface area contributed by atoms with Crippen molar-refractivity contribution in [2.24, 2.45) is 0 Å². The molecule has 106 valence electrons. The zero-order chi connectivity index (χ0) is 14.1. The summed E-state index contributed by atoms with van der Waals surface area (Å²) < 4.78 is 27.9. The van der Waals surface area contributed by atoms with E-state index in [1.807, 2.05) is 0 Å². The van der Waals surface area contributed by atoms with Gasteiger partial charge in [-0.05, 0) is 6.92 Å². The summed E-state index contributed by atoms with van der Waals surface area (Å²) in [6.07, 6.45) is -6.55. The SMILES string of the molecule is CC1O[C@H](CS(=O)(=O)CC(=O)O)C(O)C(O)[C@@H]1O. The van der Waals surface area contributed by atoms with Crippen molar-refractivity contribution in [2.45, 2.75) is 37.4 Å². The van der Waals surface area contributed by atoms with E-state index in [0.29, 0.717) is 0 Å². The summed E-state index contributed by atoms with van der Waals surface area (Å²) in [4.78, 5) is 10.3. The Labute approximate surface area is 104 Å². The number of aliphatic carboxylic acids is 1. The number of sulfone groups is 1. The molecule has 18 heavy (non-hydrogen) atoms. The van der Waals surface area contributed by atoms with E-state index in [1.165, 1.54) is 6.92 Å². The van der Waals surface area contributed by atoms with Gasteiger partial charge in [0, 0.05) is 0 Å². The number of aliphatic hydroxyl groups excluding tert-OH is 3. The number of hydrogen-bond acceptors (Lipinski definition) is 7. The van der Waals surface area contributed by atoms with Gasteiger partial charge in [-0.2, -0.15) is 0 Å². The maximum atomic E-state index is 11.4. The van der Waals surface area contributed by atoms with Gasteiger partial charge in [-0.3, -0.25) is 4.79 Å². The normalized spacial score (nSPS) is 37.4. The van der Waals surface area contributed by atoms with Gasteiger partial charge < -0.3 is 25.2 Å². The molecule has 1 aliphatic heterocycles. The third-order valence-electron chi connectivity index (χ3n) is 2.71. The summed E-state index contributed by atoms with van der Waals surface area (Å²) in [6, 6.07) is 0. The average molecular weight is 284 g/mol. The smallest absolute Gasteiger partial charge is 0.318 e. The standard InChI is InChI=1S/C9H16O8S/c1-4-7(12)9(14)8(13)5(17-4)2-18(15,16)3-6(10)11/h4-5,7-9,12-14H,2-3H2,1H3,(H,10,11)/t4?,5-,7-,8?,9?/m1/s1. The lowest BCUT2D eigenvalue weighted by Gasteiger charge is -2.39. The molecule has 0 aromatic carbocycles. The third kappa shape index (κ3) is 3.62. The molecule has 1 rings (SSSR count). The van der Waals surface area contributed by atoms with Crippen molar-refractivity contribution in [1.29, 1.82) is 0 Å². The van der Waals surface area contributed by atoms with Gasteiger partial charge in [0.15, 0.2) is 9.84 Å². The molecule has 1 fully saturated rings. The van der Waals surface area contributed by atoms with Crippen LogP contribution in [0.5, 0.6) is 0 Å². The van der Waals surface area contributed by atoms with Gasteiger partial charge in [-0.15, -0.1) is 0 Å². The highest BCUT2D eigenvalue weighted by atomic mass is 32.2. The van der Waals surface area contributed by atoms with Crippen LogP contribution in [0.1, 0.15) is 6.92 Å². The number of rotatable bonds is 4. The zero-order valence-electron chi connectivity index (χ0n) is 9.63. The highest BCUT2D eigenvalue weighted by molar-refractivity contribution is 7.92. The first-order valence-corrected chi connectivity index (χ1v) is 7.08. The second-order valence-corrected chi connectivity index (χ2v) is 6.41. The minimum absolute atomic E-state index is 0.728. The third-order valence-corrected chi connectivity index (χ3v) is 4.24. The summed E-state index contributed by atoms with van der Waals surface area (Å²) in [5.41, 5.74) is 0. The number of carboxylic acids is 1. The number of hydrogen-bond donors (Lipinski definition) is 4. The molecule has 0 amide bonds. The summed E-state index contributed by atoms with van der Waals surface area (Å²) in [6.45, 7) is 1.41. The number of carbonyl (C=O) groups is 1. The van der Waals surface area contributed by atoms with Crippen LogP contribution in [-0.4, -0.2) is 76.8 Å². The molecule has 4 N–H and O–H groups in total. The first kappa shape index (κ1) is 15.3. The van der Waals surface area contributed by atoms with E-state index in [1.54, 1.807) is 0 Å². The molecule has 0 saturated carbocycles. The van der Waals surface area contributed by atoms with E-state index in [9.17, 15) is 28.5 Å². The van der Waals surface area contributed by atoms with Gasteiger partial charge in [0.05, 0.1) is 11.9 Å². The van der Waals surface area contributed by atoms with E-state index in [0.717, 1.165) is 0 Å². The molecule has 1 heterocycles. The van der Waals surface area contributed by atoms with Crippen molar-refractivity contribution in [3.8, 4) is 0 Å². The quantitative estimate of drug-likeness (QED) is 0.439. The monoisotopic (exact) mass is 284 g/mol. The van der Waals surface area contributed by atoms with Crippen molar-refractivity contribution < 1.29 is 38.4 Å². The Morgan fingerprint density at radius 1 is 1.17 bits per heavy atom. The maximum absolute atomic E-state index is 11.4. The van der Waals surface area contributed by atoms with Crippen molar-refractivity contribution in [3.63, 3.8) is 0 Å². The maximum Gasteiger partial charge on any atom is 0.318 e. The molecule has 0 spiro atoms. The van der Waals surface area contributed by atoms with Crippen molar-refractivity contribution >= 4 is 15.8 Å². The summed E-state index contributed by atoms with van der Waals surface area (Å²) in [5, 5.41) is 36.9. The van der Waals surface area contributed by atoms with E-state index in [4.69, 9.17) is 9.84 Å². The second kappa shape index (κ2) is 5.49. The Morgan fingerprint density at radius 3 is 2.22 bits per heavy atom. The Bertz CT molecular complexity index is 405. The Hall–Kier alpha value is -0.740. The van der Waals surface area contributed by atoms with Crippen LogP contribution in [-0.2, 0) is 19.4 Å². The topological polar surface area (TPSA) is 141 Å². The largest absolute Gasteiger partial charge is 0.480 e. The summed E-state index contributed by atoms with van der Waals surface area (Å²) >= 11 is 0. The fourth-order valence-corrected chi connectivity index (χ4v) is 3.04. The van der Waals surface area contributed by atoms with Gasteiger partial charge in [-0.25, -0.2) is 8.42 Å². The number of carboxylic acid groups (broad SMARTS) is 1. The fourth-order valence-electron chi connectivity index (χ4n) is 1.77. The van der Waals surface area contributed by atoms with E-state index in [2.05, 4.69) is 0 Å². The molecular weight excluding hydrogens is 268 g/mol. The second-order valence-electron chi connectivity index (χ2n) is 4.30. The van der Waals surface area contributed by atoms with Crippen molar-refractivity contribution in [2.75, 3.05) is 11.5 Å². The molecule has 1 saturated heterocycles. The van der Waals surface area contributed by atoms with E-state index < -0.39 is 57.8 Å². The van der Waals surface area contributed by atoms with Gasteiger partial charge in [0.1, 0.15) is 30.2 Å². The first-order chi connectivity index (χ1) is 8.14. The van der Waals surface area contributed by atoms with Gasteiger partial charge in [0.25, 0.3) is 0 Å². The highest BCUT2D eigenvalue weighted by Gasteiger charge is 2.43. The van der Waals surface area contributed by atoms with Crippen LogP contribution >= 0.6 is 0 Å². The van der Waals surface area contributed by atoms with Crippen LogP contribution in [0.25, 0.3) is 0 Å². The van der Waals surface area contributed by atoms with E-state index in [-0.39, 0.29) is 0 Å². The molecule has 0 aliphatic carbocycles. The lowest BCUT2D eigenvalue weighted by Crippen LogP contribution is -2.58. The summed E-state index contributed by atoms with van der Waals surface area (Å²) in [5.74, 6) is -3.31. The lowest BCUT2D eigenvalue weighted by molar-refractivity contribution is -0.210. The summed E-state index contributed by atoms with van der Waals surface area (Å²) in [7, 11) is -3.95. The predicted molar refractivity (Wildman–Crippen MR) is 58.6 cm³/mol. The molecule has 0 aromatic heterocycles. The number of ether oxygens (including phenoxy) is 1. The molecule has 5 atom stereocenters. The Kier molecular flexibility index (Phi) is 4.67. The minimum Gasteiger partial charge on any atom is -0.480 e.